The van der Waals surface area contributed by atoms with E-state index in [1.54, 1.807) is 0 Å². The van der Waals surface area contributed by atoms with Crippen molar-refractivity contribution in [3.05, 3.63) is 18.0 Å². The Labute approximate surface area is 164 Å². The minimum atomic E-state index is -0.0332. The minimum Gasteiger partial charge on any atom is -0.381 e. The zero-order valence-electron chi connectivity index (χ0n) is 16.1. The van der Waals surface area contributed by atoms with E-state index >= 15 is 0 Å². The van der Waals surface area contributed by atoms with Gasteiger partial charge >= 0.3 is 0 Å². The lowest BCUT2D eigenvalue weighted by atomic mass is 9.90. The average Bonchev–Trinajstić information content (AvgIpc) is 3.10. The number of aromatic nitrogens is 3. The normalized spacial score (nSPS) is 26.1. The Kier molecular flexibility index (Phi) is 4.90. The van der Waals surface area contributed by atoms with Crippen LogP contribution in [0.15, 0.2) is 12.3 Å². The molecule has 0 radical (unpaired) electrons. The Bertz CT molecular complexity index is 852. The van der Waals surface area contributed by atoms with E-state index in [0.717, 1.165) is 56.5 Å². The molecule has 0 atom stereocenters. The van der Waals surface area contributed by atoms with Crippen molar-refractivity contribution < 1.29 is 9.53 Å². The molecule has 3 aliphatic rings. The Morgan fingerprint density at radius 2 is 1.82 bits per heavy atom. The van der Waals surface area contributed by atoms with Gasteiger partial charge in [0.2, 0.25) is 5.95 Å². The molecule has 8 nitrogen and oxygen atoms in total. The van der Waals surface area contributed by atoms with Crippen LogP contribution in [0.3, 0.4) is 0 Å². The van der Waals surface area contributed by atoms with Crippen LogP contribution in [-0.2, 0) is 11.3 Å². The molecule has 0 spiro atoms. The second-order valence-electron chi connectivity index (χ2n) is 8.16. The molecule has 1 aliphatic carbocycles. The molecule has 0 bridgehead atoms. The molecule has 0 aromatic carbocycles. The standard InChI is InChI=1S/C20H28N6O2/c27-19-17-11-13-12-22-20(25-18(13)26(17)8-7-21-19)24-15-3-1-14(2-4-15)23-16-5-9-28-10-6-16/h11-12,14-16,23H,1-10H2,(H,21,27)(H,22,24,25). The maximum Gasteiger partial charge on any atom is 0.268 e. The number of hydrogen-bond acceptors (Lipinski definition) is 6. The zero-order chi connectivity index (χ0) is 18.9. The van der Waals surface area contributed by atoms with E-state index in [4.69, 9.17) is 9.72 Å². The van der Waals surface area contributed by atoms with Gasteiger partial charge in [0.1, 0.15) is 11.3 Å². The highest BCUT2D eigenvalue weighted by atomic mass is 16.5. The van der Waals surface area contributed by atoms with Crippen molar-refractivity contribution in [2.45, 2.75) is 63.2 Å². The largest absolute Gasteiger partial charge is 0.381 e. The number of anilines is 1. The van der Waals surface area contributed by atoms with E-state index in [0.29, 0.717) is 36.3 Å². The fourth-order valence-electron chi connectivity index (χ4n) is 4.68. The van der Waals surface area contributed by atoms with E-state index in [9.17, 15) is 4.79 Å². The third-order valence-corrected chi connectivity index (χ3v) is 6.24. The minimum absolute atomic E-state index is 0.0332. The molecule has 4 heterocycles. The molecule has 2 aromatic heterocycles. The fraction of sp³-hybridized carbons (Fsp3) is 0.650. The first-order valence-corrected chi connectivity index (χ1v) is 10.5. The average molecular weight is 384 g/mol. The number of amides is 1. The lowest BCUT2D eigenvalue weighted by Crippen LogP contribution is -2.44. The Morgan fingerprint density at radius 1 is 1.07 bits per heavy atom. The van der Waals surface area contributed by atoms with Crippen LogP contribution in [0.5, 0.6) is 0 Å². The van der Waals surface area contributed by atoms with Gasteiger partial charge in [-0.3, -0.25) is 4.79 Å². The first-order chi connectivity index (χ1) is 13.8. The Hall–Kier alpha value is -2.19. The molecule has 5 rings (SSSR count). The number of nitrogens with one attached hydrogen (secondary N) is 3. The summed E-state index contributed by atoms with van der Waals surface area (Å²) in [6.07, 6.45) is 8.68. The number of rotatable bonds is 4. The van der Waals surface area contributed by atoms with Crippen LogP contribution in [0.4, 0.5) is 5.95 Å². The number of carbonyl (C=O) groups is 1. The summed E-state index contributed by atoms with van der Waals surface area (Å²) < 4.78 is 7.45. The molecule has 2 fully saturated rings. The van der Waals surface area contributed by atoms with Crippen molar-refractivity contribution in [3.63, 3.8) is 0 Å². The lowest BCUT2D eigenvalue weighted by molar-refractivity contribution is 0.0730. The summed E-state index contributed by atoms with van der Waals surface area (Å²) in [7, 11) is 0. The molecular weight excluding hydrogens is 356 g/mol. The molecule has 1 saturated carbocycles. The second-order valence-corrected chi connectivity index (χ2v) is 8.16. The van der Waals surface area contributed by atoms with Gasteiger partial charge in [0, 0.05) is 56.0 Å². The molecule has 150 valence electrons. The van der Waals surface area contributed by atoms with Gasteiger partial charge in [-0.25, -0.2) is 4.98 Å². The van der Waals surface area contributed by atoms with Crippen LogP contribution in [-0.4, -0.2) is 58.3 Å². The first kappa shape index (κ1) is 17.9. The third kappa shape index (κ3) is 3.58. The highest BCUT2D eigenvalue weighted by molar-refractivity contribution is 5.98. The summed E-state index contributed by atoms with van der Waals surface area (Å²) in [4.78, 5) is 21.2. The predicted octanol–water partition coefficient (Wildman–Crippen LogP) is 1.67. The highest BCUT2D eigenvalue weighted by Gasteiger charge is 2.25. The van der Waals surface area contributed by atoms with Gasteiger partial charge in [-0.1, -0.05) is 0 Å². The number of hydrogen-bond donors (Lipinski definition) is 3. The SMILES string of the molecule is O=C1NCCn2c1cc1cnc(NC3CCC(NC4CCOCC4)CC3)nc12. The van der Waals surface area contributed by atoms with Gasteiger partial charge in [0.25, 0.3) is 5.91 Å². The van der Waals surface area contributed by atoms with Gasteiger partial charge in [0.15, 0.2) is 0 Å². The Balaban J connectivity index is 1.21. The predicted molar refractivity (Wildman–Crippen MR) is 107 cm³/mol. The van der Waals surface area contributed by atoms with Crippen molar-refractivity contribution >= 4 is 22.9 Å². The van der Waals surface area contributed by atoms with Crippen LogP contribution >= 0.6 is 0 Å². The number of nitrogens with zero attached hydrogens (tertiary/aromatic N) is 3. The third-order valence-electron chi connectivity index (χ3n) is 6.24. The molecule has 2 aromatic rings. The van der Waals surface area contributed by atoms with Gasteiger partial charge in [0.05, 0.1) is 0 Å². The summed E-state index contributed by atoms with van der Waals surface area (Å²) in [6.45, 7) is 3.18. The van der Waals surface area contributed by atoms with E-state index < -0.39 is 0 Å². The van der Waals surface area contributed by atoms with E-state index in [1.807, 2.05) is 16.8 Å². The van der Waals surface area contributed by atoms with Crippen LogP contribution in [0.2, 0.25) is 0 Å². The van der Waals surface area contributed by atoms with E-state index in [1.165, 1.54) is 12.8 Å². The maximum absolute atomic E-state index is 12.0. The molecule has 8 heteroatoms. The lowest BCUT2D eigenvalue weighted by Gasteiger charge is -2.33. The molecule has 1 saturated heterocycles. The summed E-state index contributed by atoms with van der Waals surface area (Å²) in [6, 6.07) is 3.51. The quantitative estimate of drug-likeness (QED) is 0.743. The summed E-state index contributed by atoms with van der Waals surface area (Å²) in [5, 5.41) is 11.1. The van der Waals surface area contributed by atoms with Crippen molar-refractivity contribution in [3.8, 4) is 0 Å². The molecule has 2 aliphatic heterocycles. The van der Waals surface area contributed by atoms with Crippen LogP contribution in [0.25, 0.3) is 11.0 Å². The van der Waals surface area contributed by atoms with Crippen molar-refractivity contribution in [1.29, 1.82) is 0 Å². The first-order valence-electron chi connectivity index (χ1n) is 10.5. The van der Waals surface area contributed by atoms with Gasteiger partial charge in [-0.05, 0) is 44.6 Å². The number of ether oxygens (including phenoxy) is 1. The number of fused-ring (bicyclic) bond motifs is 3. The fourth-order valence-corrected chi connectivity index (χ4v) is 4.68. The van der Waals surface area contributed by atoms with Crippen molar-refractivity contribution in [2.24, 2.45) is 0 Å². The smallest absolute Gasteiger partial charge is 0.268 e. The van der Waals surface area contributed by atoms with Gasteiger partial charge in [-0.2, -0.15) is 4.98 Å². The van der Waals surface area contributed by atoms with Crippen LogP contribution < -0.4 is 16.0 Å². The zero-order valence-corrected chi connectivity index (χ0v) is 16.1. The highest BCUT2D eigenvalue weighted by Crippen LogP contribution is 2.24. The topological polar surface area (TPSA) is 93.1 Å². The van der Waals surface area contributed by atoms with Crippen molar-refractivity contribution in [2.75, 3.05) is 25.1 Å². The van der Waals surface area contributed by atoms with Gasteiger partial charge in [-0.15, -0.1) is 0 Å². The Morgan fingerprint density at radius 3 is 2.64 bits per heavy atom. The summed E-state index contributed by atoms with van der Waals surface area (Å²) in [5.41, 5.74) is 1.52. The molecular formula is C20H28N6O2. The van der Waals surface area contributed by atoms with E-state index in [-0.39, 0.29) is 5.91 Å². The van der Waals surface area contributed by atoms with Crippen LogP contribution in [0.1, 0.15) is 49.0 Å². The van der Waals surface area contributed by atoms with E-state index in [2.05, 4.69) is 20.9 Å². The monoisotopic (exact) mass is 384 g/mol. The maximum atomic E-state index is 12.0. The van der Waals surface area contributed by atoms with Crippen molar-refractivity contribution in [1.82, 2.24) is 25.2 Å². The molecule has 3 N–H and O–H groups in total. The molecule has 28 heavy (non-hydrogen) atoms. The summed E-state index contributed by atoms with van der Waals surface area (Å²) >= 11 is 0. The molecule has 0 unspecified atom stereocenters. The van der Waals surface area contributed by atoms with Gasteiger partial charge < -0.3 is 25.3 Å². The second kappa shape index (κ2) is 7.67. The van der Waals surface area contributed by atoms with Crippen LogP contribution in [0, 0.1) is 0 Å². The summed E-state index contributed by atoms with van der Waals surface area (Å²) in [5.74, 6) is 0.634. The number of carbonyl (C=O) groups excluding carboxylic acids is 1. The molecule has 1 amide bonds.